The van der Waals surface area contributed by atoms with Crippen LogP contribution in [0.2, 0.25) is 0 Å². The van der Waals surface area contributed by atoms with E-state index in [1.165, 1.54) is 0 Å². The third-order valence-electron chi connectivity index (χ3n) is 5.95. The van der Waals surface area contributed by atoms with Crippen molar-refractivity contribution < 1.29 is 4.79 Å². The lowest BCUT2D eigenvalue weighted by Gasteiger charge is -2.22. The molecule has 1 aromatic heterocycles. The molecule has 1 saturated heterocycles. The van der Waals surface area contributed by atoms with Gasteiger partial charge in [0.1, 0.15) is 0 Å². The molecule has 0 unspecified atom stereocenters. The molecule has 3 N–H and O–H groups in total. The summed E-state index contributed by atoms with van der Waals surface area (Å²) in [5.41, 5.74) is 4.61. The minimum atomic E-state index is -0.0514. The van der Waals surface area contributed by atoms with Crippen LogP contribution in [0, 0.1) is 5.92 Å². The van der Waals surface area contributed by atoms with Crippen molar-refractivity contribution in [3.8, 4) is 0 Å². The van der Waals surface area contributed by atoms with Crippen LogP contribution in [-0.4, -0.2) is 35.7 Å². The number of nitrogens with zero attached hydrogens (tertiary/aromatic N) is 1. The summed E-state index contributed by atoms with van der Waals surface area (Å²) in [5.74, 6) is 0.544. The van der Waals surface area contributed by atoms with Gasteiger partial charge in [-0.3, -0.25) is 9.59 Å². The summed E-state index contributed by atoms with van der Waals surface area (Å²) in [5, 5.41) is 13.4. The fourth-order valence-electron chi connectivity index (χ4n) is 4.31. The Labute approximate surface area is 165 Å². The van der Waals surface area contributed by atoms with E-state index < -0.39 is 0 Å². The predicted molar refractivity (Wildman–Crippen MR) is 109 cm³/mol. The minimum absolute atomic E-state index is 0.0168. The van der Waals surface area contributed by atoms with Crippen molar-refractivity contribution >= 4 is 5.91 Å². The first-order valence-corrected chi connectivity index (χ1v) is 10.4. The summed E-state index contributed by atoms with van der Waals surface area (Å²) < 4.78 is 0. The number of H-pyrrole nitrogens is 1. The molecule has 1 amide bonds. The molecule has 2 heterocycles. The van der Waals surface area contributed by atoms with Crippen LogP contribution in [0.1, 0.15) is 58.4 Å². The van der Waals surface area contributed by atoms with Crippen molar-refractivity contribution in [3.63, 3.8) is 0 Å². The molecule has 1 aliphatic carbocycles. The van der Waals surface area contributed by atoms with Crippen LogP contribution in [0.5, 0.6) is 0 Å². The molecule has 0 bridgehead atoms. The van der Waals surface area contributed by atoms with Crippen LogP contribution in [0.3, 0.4) is 0 Å². The maximum atomic E-state index is 12.6. The SMILES string of the molecule is O=C(NCC1CCNCC1)c1cccc(Cc2n[nH]c(=O)c3c2CCCC3)c1. The van der Waals surface area contributed by atoms with Crippen molar-refractivity contribution in [3.05, 3.63) is 62.6 Å². The molecule has 1 aliphatic heterocycles. The Kier molecular flexibility index (Phi) is 5.86. The zero-order chi connectivity index (χ0) is 19.3. The highest BCUT2D eigenvalue weighted by molar-refractivity contribution is 5.94. The zero-order valence-electron chi connectivity index (χ0n) is 16.2. The van der Waals surface area contributed by atoms with Gasteiger partial charge in [-0.05, 0) is 80.8 Å². The zero-order valence-corrected chi connectivity index (χ0v) is 16.2. The Morgan fingerprint density at radius 2 is 1.93 bits per heavy atom. The van der Waals surface area contributed by atoms with E-state index >= 15 is 0 Å². The number of rotatable bonds is 5. The van der Waals surface area contributed by atoms with Gasteiger partial charge in [0.2, 0.25) is 0 Å². The molecular formula is C22H28N4O2. The number of benzene rings is 1. The molecule has 2 aromatic rings. The predicted octanol–water partition coefficient (Wildman–Crippen LogP) is 1.97. The standard InChI is InChI=1S/C22H28N4O2/c27-21(24-14-15-8-10-23-11-9-15)17-5-3-4-16(12-17)13-20-18-6-1-2-7-19(18)22(28)26-25-20/h3-5,12,15,23H,1-2,6-11,13-14H2,(H,24,27)(H,26,28). The molecule has 0 radical (unpaired) electrons. The Bertz CT molecular complexity index is 900. The summed E-state index contributed by atoms with van der Waals surface area (Å²) in [6.07, 6.45) is 6.77. The third kappa shape index (κ3) is 4.33. The number of hydrogen-bond donors (Lipinski definition) is 3. The first kappa shape index (κ1) is 18.9. The molecule has 6 heteroatoms. The first-order valence-electron chi connectivity index (χ1n) is 10.4. The summed E-state index contributed by atoms with van der Waals surface area (Å²) in [7, 11) is 0. The van der Waals surface area contributed by atoms with Crippen LogP contribution in [0.15, 0.2) is 29.1 Å². The number of piperidine rings is 1. The van der Waals surface area contributed by atoms with Gasteiger partial charge < -0.3 is 10.6 Å². The van der Waals surface area contributed by atoms with Gasteiger partial charge >= 0.3 is 0 Å². The Hall–Kier alpha value is -2.47. The molecule has 2 aliphatic rings. The summed E-state index contributed by atoms with van der Waals surface area (Å²) in [4.78, 5) is 24.6. The van der Waals surface area contributed by atoms with Gasteiger partial charge in [-0.25, -0.2) is 5.10 Å². The topological polar surface area (TPSA) is 86.9 Å². The van der Waals surface area contributed by atoms with Crippen LogP contribution >= 0.6 is 0 Å². The second-order valence-corrected chi connectivity index (χ2v) is 7.94. The number of amides is 1. The van der Waals surface area contributed by atoms with E-state index in [1.54, 1.807) is 0 Å². The molecule has 148 valence electrons. The molecule has 1 aromatic carbocycles. The van der Waals surface area contributed by atoms with Crippen LogP contribution in [0.25, 0.3) is 0 Å². The highest BCUT2D eigenvalue weighted by Crippen LogP contribution is 2.22. The Balaban J connectivity index is 1.45. The normalized spacial score (nSPS) is 17.1. The minimum Gasteiger partial charge on any atom is -0.352 e. The van der Waals surface area contributed by atoms with Crippen molar-refractivity contribution in [2.45, 2.75) is 44.9 Å². The molecule has 0 atom stereocenters. The molecule has 0 saturated carbocycles. The van der Waals surface area contributed by atoms with Crippen molar-refractivity contribution in [2.24, 2.45) is 5.92 Å². The quantitative estimate of drug-likeness (QED) is 0.740. The lowest BCUT2D eigenvalue weighted by atomic mass is 9.90. The average molecular weight is 380 g/mol. The Morgan fingerprint density at radius 3 is 2.75 bits per heavy atom. The third-order valence-corrected chi connectivity index (χ3v) is 5.95. The van der Waals surface area contributed by atoms with E-state index in [1.807, 2.05) is 24.3 Å². The van der Waals surface area contributed by atoms with E-state index in [9.17, 15) is 9.59 Å². The second-order valence-electron chi connectivity index (χ2n) is 7.94. The van der Waals surface area contributed by atoms with Crippen LogP contribution in [0.4, 0.5) is 0 Å². The lowest BCUT2D eigenvalue weighted by molar-refractivity contribution is 0.0944. The number of carbonyl (C=O) groups is 1. The average Bonchev–Trinajstić information content (AvgIpc) is 2.75. The van der Waals surface area contributed by atoms with Gasteiger partial charge in [0.25, 0.3) is 11.5 Å². The summed E-state index contributed by atoms with van der Waals surface area (Å²) >= 11 is 0. The number of fused-ring (bicyclic) bond motifs is 1. The fraction of sp³-hybridized carbons (Fsp3) is 0.500. The molecule has 28 heavy (non-hydrogen) atoms. The van der Waals surface area contributed by atoms with Crippen molar-refractivity contribution in [1.29, 1.82) is 0 Å². The van der Waals surface area contributed by atoms with Gasteiger partial charge in [0, 0.05) is 24.1 Å². The second kappa shape index (κ2) is 8.69. The fourth-order valence-corrected chi connectivity index (χ4v) is 4.31. The summed E-state index contributed by atoms with van der Waals surface area (Å²) in [6, 6.07) is 7.75. The maximum absolute atomic E-state index is 12.6. The number of carbonyl (C=O) groups excluding carboxylic acids is 1. The molecule has 1 fully saturated rings. The number of hydrogen-bond acceptors (Lipinski definition) is 4. The first-order chi connectivity index (χ1) is 13.7. The van der Waals surface area contributed by atoms with Crippen molar-refractivity contribution in [2.75, 3.05) is 19.6 Å². The van der Waals surface area contributed by atoms with E-state index in [2.05, 4.69) is 20.8 Å². The summed E-state index contributed by atoms with van der Waals surface area (Å²) in [6.45, 7) is 2.80. The number of nitrogens with one attached hydrogen (secondary N) is 3. The van der Waals surface area contributed by atoms with Gasteiger partial charge in [0.15, 0.2) is 0 Å². The molecule has 4 rings (SSSR count). The molecule has 6 nitrogen and oxygen atoms in total. The monoisotopic (exact) mass is 380 g/mol. The van der Waals surface area contributed by atoms with Crippen LogP contribution in [-0.2, 0) is 19.3 Å². The van der Waals surface area contributed by atoms with Crippen molar-refractivity contribution in [1.82, 2.24) is 20.8 Å². The highest BCUT2D eigenvalue weighted by atomic mass is 16.1. The Morgan fingerprint density at radius 1 is 1.14 bits per heavy atom. The molecular weight excluding hydrogens is 352 g/mol. The lowest BCUT2D eigenvalue weighted by Crippen LogP contribution is -2.36. The largest absolute Gasteiger partial charge is 0.352 e. The van der Waals surface area contributed by atoms with E-state index in [4.69, 9.17) is 0 Å². The van der Waals surface area contributed by atoms with E-state index in [0.717, 1.165) is 80.5 Å². The van der Waals surface area contributed by atoms with E-state index in [-0.39, 0.29) is 11.5 Å². The maximum Gasteiger partial charge on any atom is 0.267 e. The van der Waals surface area contributed by atoms with Crippen LogP contribution < -0.4 is 16.2 Å². The smallest absolute Gasteiger partial charge is 0.267 e. The van der Waals surface area contributed by atoms with Gasteiger partial charge in [-0.1, -0.05) is 12.1 Å². The van der Waals surface area contributed by atoms with Gasteiger partial charge in [0.05, 0.1) is 5.69 Å². The van der Waals surface area contributed by atoms with Gasteiger partial charge in [-0.2, -0.15) is 5.10 Å². The molecule has 0 spiro atoms. The number of aromatic amines is 1. The number of aromatic nitrogens is 2. The van der Waals surface area contributed by atoms with Gasteiger partial charge in [-0.15, -0.1) is 0 Å². The van der Waals surface area contributed by atoms with E-state index in [0.29, 0.717) is 17.9 Å². The highest BCUT2D eigenvalue weighted by Gasteiger charge is 2.19.